The highest BCUT2D eigenvalue weighted by molar-refractivity contribution is 5.94. The fourth-order valence-electron chi connectivity index (χ4n) is 3.05. The van der Waals surface area contributed by atoms with Crippen molar-refractivity contribution in [3.8, 4) is 28.6 Å². The average Bonchev–Trinajstić information content (AvgIpc) is 2.60. The molecule has 0 amide bonds. The molecule has 0 unspecified atom stereocenters. The molecule has 0 atom stereocenters. The summed E-state index contributed by atoms with van der Waals surface area (Å²) in [6.45, 7) is 3.83. The summed E-state index contributed by atoms with van der Waals surface area (Å²) in [6.07, 6.45) is 3.76. The van der Waals surface area contributed by atoms with Gasteiger partial charge in [0.25, 0.3) is 0 Å². The lowest BCUT2D eigenvalue weighted by atomic mass is 9.99. The summed E-state index contributed by atoms with van der Waals surface area (Å²) < 4.78 is 17.1. The molecule has 5 nitrogen and oxygen atoms in total. The van der Waals surface area contributed by atoms with E-state index >= 15 is 0 Å². The molecule has 132 valence electrons. The molecule has 2 aromatic carbocycles. The summed E-state index contributed by atoms with van der Waals surface area (Å²) >= 11 is 0. The van der Waals surface area contributed by atoms with Crippen LogP contribution in [0.2, 0.25) is 0 Å². The van der Waals surface area contributed by atoms with Crippen molar-refractivity contribution in [2.24, 2.45) is 0 Å². The lowest BCUT2D eigenvalue weighted by Gasteiger charge is -2.28. The number of aromatic hydroxyl groups is 1. The number of phenols is 1. The molecule has 5 heteroatoms. The monoisotopic (exact) mass is 350 g/mol. The smallest absolute Gasteiger partial charge is 0.197 e. The second kappa shape index (κ2) is 5.66. The Morgan fingerprint density at radius 2 is 1.85 bits per heavy atom. The van der Waals surface area contributed by atoms with E-state index in [1.807, 2.05) is 38.1 Å². The van der Waals surface area contributed by atoms with Crippen LogP contribution in [0.25, 0.3) is 28.4 Å². The zero-order valence-corrected chi connectivity index (χ0v) is 14.7. The predicted molar refractivity (Wildman–Crippen MR) is 99.9 cm³/mol. The van der Waals surface area contributed by atoms with E-state index in [9.17, 15) is 9.90 Å². The molecule has 4 rings (SSSR count). The normalized spacial score (nSPS) is 14.7. The lowest BCUT2D eigenvalue weighted by Crippen LogP contribution is -2.27. The van der Waals surface area contributed by atoms with Crippen molar-refractivity contribution < 1.29 is 19.0 Å². The van der Waals surface area contributed by atoms with E-state index in [0.717, 1.165) is 5.56 Å². The Bertz CT molecular complexity index is 1090. The minimum Gasteiger partial charge on any atom is -0.507 e. The highest BCUT2D eigenvalue weighted by Gasteiger charge is 2.26. The summed E-state index contributed by atoms with van der Waals surface area (Å²) in [4.78, 5) is 12.6. The van der Waals surface area contributed by atoms with Crippen LogP contribution in [0.4, 0.5) is 0 Å². The maximum atomic E-state index is 12.6. The Kier molecular flexibility index (Phi) is 3.54. The van der Waals surface area contributed by atoms with E-state index in [1.54, 1.807) is 19.2 Å². The largest absolute Gasteiger partial charge is 0.507 e. The number of ether oxygens (including phenoxy) is 2. The Morgan fingerprint density at radius 3 is 2.54 bits per heavy atom. The molecule has 0 fully saturated rings. The van der Waals surface area contributed by atoms with Gasteiger partial charge in [-0.1, -0.05) is 0 Å². The van der Waals surface area contributed by atoms with Crippen LogP contribution in [-0.4, -0.2) is 17.8 Å². The quantitative estimate of drug-likeness (QED) is 0.744. The number of hydrogen-bond donors (Lipinski definition) is 1. The molecule has 0 spiro atoms. The second-order valence-electron chi connectivity index (χ2n) is 6.75. The van der Waals surface area contributed by atoms with Crippen LogP contribution in [0.5, 0.6) is 17.2 Å². The summed E-state index contributed by atoms with van der Waals surface area (Å²) in [7, 11) is 1.59. The zero-order chi connectivity index (χ0) is 18.5. The summed E-state index contributed by atoms with van der Waals surface area (Å²) in [5.41, 5.74) is 0.884. The fraction of sp³-hybridized carbons (Fsp3) is 0.190. The topological polar surface area (TPSA) is 68.9 Å². The van der Waals surface area contributed by atoms with Gasteiger partial charge < -0.3 is 19.0 Å². The molecule has 0 radical (unpaired) electrons. The third-order valence-corrected chi connectivity index (χ3v) is 4.38. The first-order valence-corrected chi connectivity index (χ1v) is 8.24. The van der Waals surface area contributed by atoms with E-state index in [4.69, 9.17) is 13.9 Å². The van der Waals surface area contributed by atoms with Crippen molar-refractivity contribution in [3.05, 3.63) is 58.3 Å². The van der Waals surface area contributed by atoms with Crippen LogP contribution in [-0.2, 0) is 0 Å². The van der Waals surface area contributed by atoms with E-state index in [2.05, 4.69) is 0 Å². The van der Waals surface area contributed by atoms with Gasteiger partial charge in [-0.25, -0.2) is 0 Å². The van der Waals surface area contributed by atoms with Crippen LogP contribution in [0.1, 0.15) is 19.4 Å². The number of benzene rings is 2. The van der Waals surface area contributed by atoms with Crippen molar-refractivity contribution in [1.82, 2.24) is 0 Å². The number of methoxy groups -OCH3 is 1. The molecular formula is C21H18O5. The summed E-state index contributed by atoms with van der Waals surface area (Å²) in [5.74, 6) is 1.46. The predicted octanol–water partition coefficient (Wildman–Crippen LogP) is 4.36. The van der Waals surface area contributed by atoms with Gasteiger partial charge in [0.1, 0.15) is 34.0 Å². The number of fused-ring (bicyclic) bond motifs is 3. The molecule has 1 aromatic heterocycles. The van der Waals surface area contributed by atoms with Gasteiger partial charge in [0, 0.05) is 17.7 Å². The Labute approximate surface area is 150 Å². The molecular weight excluding hydrogens is 332 g/mol. The van der Waals surface area contributed by atoms with Crippen molar-refractivity contribution >= 4 is 17.0 Å². The van der Waals surface area contributed by atoms with E-state index in [1.165, 1.54) is 12.1 Å². The maximum absolute atomic E-state index is 12.6. The van der Waals surface area contributed by atoms with Crippen LogP contribution < -0.4 is 14.9 Å². The van der Waals surface area contributed by atoms with Crippen molar-refractivity contribution in [1.29, 1.82) is 0 Å². The third kappa shape index (κ3) is 2.62. The number of rotatable bonds is 2. The SMILES string of the molecule is COc1ccc(-c2cc(=O)c3c(O)cc4c(c3o2)C=CC(C)(C)O4)cc1. The summed E-state index contributed by atoms with van der Waals surface area (Å²) in [6, 6.07) is 10.1. The second-order valence-corrected chi connectivity index (χ2v) is 6.75. The molecule has 2 heterocycles. The number of phenolic OH excluding ortho intramolecular Hbond substituents is 1. The van der Waals surface area contributed by atoms with Gasteiger partial charge in [-0.05, 0) is 50.3 Å². The van der Waals surface area contributed by atoms with Gasteiger partial charge in [0.05, 0.1) is 12.7 Å². The molecule has 1 N–H and O–H groups in total. The molecule has 3 aromatic rings. The Hall–Kier alpha value is -3.21. The highest BCUT2D eigenvalue weighted by atomic mass is 16.5. The van der Waals surface area contributed by atoms with Crippen LogP contribution in [0.3, 0.4) is 0 Å². The fourth-order valence-corrected chi connectivity index (χ4v) is 3.05. The molecule has 0 saturated carbocycles. The van der Waals surface area contributed by atoms with Crippen LogP contribution >= 0.6 is 0 Å². The van der Waals surface area contributed by atoms with Crippen molar-refractivity contribution in [2.45, 2.75) is 19.4 Å². The molecule has 26 heavy (non-hydrogen) atoms. The highest BCUT2D eigenvalue weighted by Crippen LogP contribution is 2.40. The molecule has 0 bridgehead atoms. The first-order valence-electron chi connectivity index (χ1n) is 8.24. The average molecular weight is 350 g/mol. The van der Waals surface area contributed by atoms with E-state index in [-0.39, 0.29) is 16.6 Å². The van der Waals surface area contributed by atoms with Crippen LogP contribution in [0.15, 0.2) is 51.7 Å². The summed E-state index contributed by atoms with van der Waals surface area (Å²) in [5, 5.41) is 10.5. The van der Waals surface area contributed by atoms with Crippen molar-refractivity contribution in [2.75, 3.05) is 7.11 Å². The number of hydrogen-bond acceptors (Lipinski definition) is 5. The Balaban J connectivity index is 1.97. The molecule has 1 aliphatic rings. The zero-order valence-electron chi connectivity index (χ0n) is 14.7. The van der Waals surface area contributed by atoms with Gasteiger partial charge in [-0.3, -0.25) is 4.79 Å². The molecule has 0 aliphatic carbocycles. The molecule has 1 aliphatic heterocycles. The van der Waals surface area contributed by atoms with E-state index < -0.39 is 5.60 Å². The van der Waals surface area contributed by atoms with Gasteiger partial charge in [0.15, 0.2) is 11.0 Å². The van der Waals surface area contributed by atoms with Gasteiger partial charge >= 0.3 is 0 Å². The van der Waals surface area contributed by atoms with Gasteiger partial charge in [-0.15, -0.1) is 0 Å². The van der Waals surface area contributed by atoms with E-state index in [0.29, 0.717) is 28.4 Å². The Morgan fingerprint density at radius 1 is 1.12 bits per heavy atom. The first-order chi connectivity index (χ1) is 12.4. The third-order valence-electron chi connectivity index (χ3n) is 4.38. The van der Waals surface area contributed by atoms with Crippen molar-refractivity contribution in [3.63, 3.8) is 0 Å². The minimum atomic E-state index is -0.499. The van der Waals surface area contributed by atoms with Gasteiger partial charge in [-0.2, -0.15) is 0 Å². The minimum absolute atomic E-state index is 0.147. The maximum Gasteiger partial charge on any atom is 0.197 e. The molecule has 0 saturated heterocycles. The lowest BCUT2D eigenvalue weighted by molar-refractivity contribution is 0.158. The van der Waals surface area contributed by atoms with Crippen LogP contribution in [0, 0.1) is 0 Å². The standard InChI is InChI=1S/C21H18O5/c1-21(2)9-8-14-18(26-21)11-16(23)19-15(22)10-17(25-20(14)19)12-4-6-13(24-3)7-5-12/h4-11,23H,1-3H3. The van der Waals surface area contributed by atoms with Gasteiger partial charge in [0.2, 0.25) is 0 Å². The first kappa shape index (κ1) is 16.3.